The molecule has 0 unspecified atom stereocenters. The summed E-state index contributed by atoms with van der Waals surface area (Å²) in [5, 5.41) is 10.2. The highest BCUT2D eigenvalue weighted by Gasteiger charge is 2.29. The molecule has 1 saturated heterocycles. The number of hydrogen-bond donors (Lipinski definition) is 1. The van der Waals surface area contributed by atoms with Gasteiger partial charge < -0.3 is 10.2 Å². The molecule has 0 spiro atoms. The van der Waals surface area contributed by atoms with Gasteiger partial charge in [0.25, 0.3) is 5.91 Å². The standard InChI is InChI=1S/C16H18N6O2/c1-11(23)22-7-3-5-15(22)14-10-17-8-12(20-14)9-18-16(24)13-4-2-6-19-21-13/h2,4,6,8,10,15H,3,5,7,9H2,1H3,(H,18,24)/t15-/m1/s1. The lowest BCUT2D eigenvalue weighted by molar-refractivity contribution is -0.129. The molecule has 3 rings (SSSR count). The highest BCUT2D eigenvalue weighted by molar-refractivity contribution is 5.91. The minimum Gasteiger partial charge on any atom is -0.345 e. The van der Waals surface area contributed by atoms with Crippen molar-refractivity contribution in [2.75, 3.05) is 6.54 Å². The monoisotopic (exact) mass is 326 g/mol. The van der Waals surface area contributed by atoms with Crippen LogP contribution < -0.4 is 5.32 Å². The first-order valence-electron chi connectivity index (χ1n) is 7.79. The Morgan fingerprint density at radius 1 is 1.38 bits per heavy atom. The lowest BCUT2D eigenvalue weighted by Crippen LogP contribution is -2.29. The van der Waals surface area contributed by atoms with E-state index in [2.05, 4.69) is 25.5 Å². The van der Waals surface area contributed by atoms with Crippen LogP contribution in [0.1, 0.15) is 47.7 Å². The van der Waals surface area contributed by atoms with E-state index in [1.54, 1.807) is 31.5 Å². The third-order valence-electron chi connectivity index (χ3n) is 3.94. The zero-order valence-corrected chi connectivity index (χ0v) is 13.3. The molecule has 2 aromatic rings. The lowest BCUT2D eigenvalue weighted by Gasteiger charge is -2.22. The van der Waals surface area contributed by atoms with E-state index in [4.69, 9.17) is 0 Å². The molecule has 124 valence electrons. The largest absolute Gasteiger partial charge is 0.345 e. The van der Waals surface area contributed by atoms with Gasteiger partial charge in [0.1, 0.15) is 0 Å². The number of carbonyl (C=O) groups is 2. The second-order valence-corrected chi connectivity index (χ2v) is 5.60. The molecule has 0 radical (unpaired) electrons. The molecule has 0 aliphatic carbocycles. The van der Waals surface area contributed by atoms with Crippen molar-refractivity contribution in [2.24, 2.45) is 0 Å². The van der Waals surface area contributed by atoms with Crippen LogP contribution in [0.2, 0.25) is 0 Å². The average Bonchev–Trinajstić information content (AvgIpc) is 3.11. The van der Waals surface area contributed by atoms with Crippen LogP contribution in [0.25, 0.3) is 0 Å². The molecular formula is C16H18N6O2. The lowest BCUT2D eigenvalue weighted by atomic mass is 10.1. The summed E-state index contributed by atoms with van der Waals surface area (Å²) in [5.41, 5.74) is 1.65. The number of nitrogens with one attached hydrogen (secondary N) is 1. The molecule has 2 amide bonds. The fraction of sp³-hybridized carbons (Fsp3) is 0.375. The number of hydrogen-bond acceptors (Lipinski definition) is 6. The van der Waals surface area contributed by atoms with E-state index < -0.39 is 0 Å². The van der Waals surface area contributed by atoms with Gasteiger partial charge in [-0.25, -0.2) is 0 Å². The topological polar surface area (TPSA) is 101 Å². The van der Waals surface area contributed by atoms with Crippen molar-refractivity contribution in [3.8, 4) is 0 Å². The van der Waals surface area contributed by atoms with Crippen molar-refractivity contribution >= 4 is 11.8 Å². The molecule has 0 saturated carbocycles. The summed E-state index contributed by atoms with van der Waals surface area (Å²) < 4.78 is 0. The Labute approximate surface area is 139 Å². The molecule has 24 heavy (non-hydrogen) atoms. The van der Waals surface area contributed by atoms with Gasteiger partial charge in [0.05, 0.1) is 36.4 Å². The number of likely N-dealkylation sites (tertiary alicyclic amines) is 1. The fourth-order valence-corrected chi connectivity index (χ4v) is 2.80. The highest BCUT2D eigenvalue weighted by atomic mass is 16.2. The summed E-state index contributed by atoms with van der Waals surface area (Å²) >= 11 is 0. The van der Waals surface area contributed by atoms with Crippen molar-refractivity contribution in [1.82, 2.24) is 30.4 Å². The van der Waals surface area contributed by atoms with Gasteiger partial charge in [-0.3, -0.25) is 19.6 Å². The van der Waals surface area contributed by atoms with Crippen LogP contribution >= 0.6 is 0 Å². The Bertz CT molecular complexity index is 736. The minimum absolute atomic E-state index is 0.0364. The third kappa shape index (κ3) is 3.53. The maximum atomic E-state index is 12.0. The second kappa shape index (κ2) is 7.12. The van der Waals surface area contributed by atoms with E-state index in [9.17, 15) is 9.59 Å². The van der Waals surface area contributed by atoms with Gasteiger partial charge in [-0.1, -0.05) is 0 Å². The van der Waals surface area contributed by atoms with Crippen LogP contribution in [0.3, 0.4) is 0 Å². The number of carbonyl (C=O) groups excluding carboxylic acids is 2. The van der Waals surface area contributed by atoms with Crippen molar-refractivity contribution in [3.63, 3.8) is 0 Å². The van der Waals surface area contributed by atoms with Gasteiger partial charge in [0, 0.05) is 19.7 Å². The third-order valence-corrected chi connectivity index (χ3v) is 3.94. The Morgan fingerprint density at radius 2 is 2.25 bits per heavy atom. The SMILES string of the molecule is CC(=O)N1CCC[C@@H]1c1cncc(CNC(=O)c2cccnn2)n1. The maximum absolute atomic E-state index is 12.0. The number of rotatable bonds is 4. The van der Waals surface area contributed by atoms with E-state index in [-0.39, 0.29) is 30.1 Å². The number of aromatic nitrogens is 4. The van der Waals surface area contributed by atoms with Crippen LogP contribution in [-0.2, 0) is 11.3 Å². The molecular weight excluding hydrogens is 308 g/mol. The van der Waals surface area contributed by atoms with Gasteiger partial charge in [-0.15, -0.1) is 5.10 Å². The summed E-state index contributed by atoms with van der Waals surface area (Å²) in [6.45, 7) is 2.55. The summed E-state index contributed by atoms with van der Waals surface area (Å²) in [6, 6.07) is 3.21. The highest BCUT2D eigenvalue weighted by Crippen LogP contribution is 2.30. The Morgan fingerprint density at radius 3 is 3.00 bits per heavy atom. The molecule has 8 nitrogen and oxygen atoms in total. The van der Waals surface area contributed by atoms with E-state index in [0.717, 1.165) is 25.1 Å². The summed E-state index contributed by atoms with van der Waals surface area (Å²) in [7, 11) is 0. The van der Waals surface area contributed by atoms with E-state index >= 15 is 0 Å². The zero-order valence-electron chi connectivity index (χ0n) is 13.3. The van der Waals surface area contributed by atoms with Crippen LogP contribution in [-0.4, -0.2) is 43.4 Å². The van der Waals surface area contributed by atoms with Crippen LogP contribution in [0.15, 0.2) is 30.7 Å². The first-order chi connectivity index (χ1) is 11.6. The number of nitrogens with zero attached hydrogens (tertiary/aromatic N) is 5. The molecule has 8 heteroatoms. The quantitative estimate of drug-likeness (QED) is 0.895. The molecule has 1 aliphatic heterocycles. The number of amides is 2. The van der Waals surface area contributed by atoms with Crippen molar-refractivity contribution in [1.29, 1.82) is 0 Å². The van der Waals surface area contributed by atoms with Crippen molar-refractivity contribution in [3.05, 3.63) is 47.8 Å². The fourth-order valence-electron chi connectivity index (χ4n) is 2.80. The predicted octanol–water partition coefficient (Wildman–Crippen LogP) is 0.880. The Balaban J connectivity index is 1.67. The Kier molecular flexibility index (Phi) is 4.74. The van der Waals surface area contributed by atoms with Crippen molar-refractivity contribution in [2.45, 2.75) is 32.4 Å². The normalized spacial score (nSPS) is 16.9. The summed E-state index contributed by atoms with van der Waals surface area (Å²) in [5.74, 6) is -0.276. The molecule has 1 fully saturated rings. The first kappa shape index (κ1) is 16.0. The molecule has 1 atom stereocenters. The molecule has 2 aromatic heterocycles. The molecule has 3 heterocycles. The predicted molar refractivity (Wildman–Crippen MR) is 84.6 cm³/mol. The van der Waals surface area contributed by atoms with Crippen LogP contribution in [0.5, 0.6) is 0 Å². The van der Waals surface area contributed by atoms with Gasteiger partial charge >= 0.3 is 0 Å². The van der Waals surface area contributed by atoms with Gasteiger partial charge in [0.15, 0.2) is 5.69 Å². The first-order valence-corrected chi connectivity index (χ1v) is 7.79. The maximum Gasteiger partial charge on any atom is 0.272 e. The van der Waals surface area contributed by atoms with Gasteiger partial charge in [-0.05, 0) is 25.0 Å². The smallest absolute Gasteiger partial charge is 0.272 e. The molecule has 0 bridgehead atoms. The second-order valence-electron chi connectivity index (χ2n) is 5.60. The van der Waals surface area contributed by atoms with Gasteiger partial charge in [0.2, 0.25) is 5.91 Å². The molecule has 0 aromatic carbocycles. The summed E-state index contributed by atoms with van der Waals surface area (Å²) in [6.07, 6.45) is 6.63. The molecule has 1 N–H and O–H groups in total. The molecule has 1 aliphatic rings. The summed E-state index contributed by atoms with van der Waals surface area (Å²) in [4.78, 5) is 34.2. The van der Waals surface area contributed by atoms with Crippen molar-refractivity contribution < 1.29 is 9.59 Å². The van der Waals surface area contributed by atoms with Crippen LogP contribution in [0, 0.1) is 0 Å². The van der Waals surface area contributed by atoms with E-state index in [1.807, 2.05) is 4.90 Å². The zero-order chi connectivity index (χ0) is 16.9. The average molecular weight is 326 g/mol. The van der Waals surface area contributed by atoms with Gasteiger partial charge in [-0.2, -0.15) is 5.10 Å². The Hall–Kier alpha value is -2.90. The van der Waals surface area contributed by atoms with Crippen LogP contribution in [0.4, 0.5) is 0 Å². The van der Waals surface area contributed by atoms with E-state index in [1.165, 1.54) is 6.20 Å². The van der Waals surface area contributed by atoms with E-state index in [0.29, 0.717) is 5.69 Å². The minimum atomic E-state index is -0.318.